The second-order valence-electron chi connectivity index (χ2n) is 5.92. The first-order chi connectivity index (χ1) is 13.1. The number of benzene rings is 2. The Morgan fingerprint density at radius 2 is 1.85 bits per heavy atom. The minimum Gasteiger partial charge on any atom is -0.497 e. The molecule has 136 valence electrons. The van der Waals surface area contributed by atoms with Crippen molar-refractivity contribution in [2.75, 3.05) is 13.7 Å². The summed E-state index contributed by atoms with van der Waals surface area (Å²) in [5, 5.41) is 13.6. The monoisotopic (exact) mass is 361 g/mol. The third kappa shape index (κ3) is 4.33. The van der Waals surface area contributed by atoms with Gasteiger partial charge in [0.15, 0.2) is 5.69 Å². The van der Waals surface area contributed by atoms with E-state index in [1.807, 2.05) is 48.5 Å². The van der Waals surface area contributed by atoms with Gasteiger partial charge in [-0.3, -0.25) is 4.79 Å². The molecule has 0 radical (unpaired) electrons. The van der Waals surface area contributed by atoms with E-state index in [0.29, 0.717) is 18.7 Å². The van der Waals surface area contributed by atoms with Gasteiger partial charge in [-0.2, -0.15) is 10.4 Å². The summed E-state index contributed by atoms with van der Waals surface area (Å²) in [5.74, 6) is 0.476. The molecule has 0 aliphatic carbocycles. The van der Waals surface area contributed by atoms with Crippen molar-refractivity contribution in [3.05, 3.63) is 65.9 Å². The molecule has 3 rings (SSSR count). The van der Waals surface area contributed by atoms with E-state index in [1.54, 1.807) is 17.9 Å². The van der Waals surface area contributed by atoms with Gasteiger partial charge in [0.25, 0.3) is 0 Å². The van der Waals surface area contributed by atoms with Crippen LogP contribution in [0.5, 0.6) is 5.75 Å². The van der Waals surface area contributed by atoms with Crippen molar-refractivity contribution in [1.82, 2.24) is 9.78 Å². The normalized spacial score (nSPS) is 10.3. The topological polar surface area (TPSA) is 77.1 Å². The molecule has 0 atom stereocenters. The van der Waals surface area contributed by atoms with Crippen LogP contribution in [0.2, 0.25) is 0 Å². The van der Waals surface area contributed by atoms with E-state index in [1.165, 1.54) is 6.92 Å². The molecule has 27 heavy (non-hydrogen) atoms. The lowest BCUT2D eigenvalue weighted by molar-refractivity contribution is -0.140. The minimum absolute atomic E-state index is 0.279. The summed E-state index contributed by atoms with van der Waals surface area (Å²) >= 11 is 0. The highest BCUT2D eigenvalue weighted by molar-refractivity contribution is 5.66. The van der Waals surface area contributed by atoms with Crippen LogP contribution in [0.15, 0.2) is 54.6 Å². The number of rotatable bonds is 6. The molecule has 0 fully saturated rings. The Kier molecular flexibility index (Phi) is 5.53. The number of ether oxygens (including phenoxy) is 2. The van der Waals surface area contributed by atoms with Crippen LogP contribution in [-0.4, -0.2) is 29.5 Å². The van der Waals surface area contributed by atoms with Crippen LogP contribution in [0.4, 0.5) is 0 Å². The maximum absolute atomic E-state index is 10.9. The third-order valence-corrected chi connectivity index (χ3v) is 4.09. The van der Waals surface area contributed by atoms with Crippen LogP contribution >= 0.6 is 0 Å². The molecule has 0 saturated heterocycles. The van der Waals surface area contributed by atoms with E-state index in [0.717, 1.165) is 28.3 Å². The van der Waals surface area contributed by atoms with Crippen LogP contribution in [0.1, 0.15) is 18.2 Å². The van der Waals surface area contributed by atoms with E-state index in [9.17, 15) is 10.1 Å². The number of carbonyl (C=O) groups is 1. The molecule has 1 aromatic heterocycles. The lowest BCUT2D eigenvalue weighted by Gasteiger charge is -2.09. The Bertz CT molecular complexity index is 967. The van der Waals surface area contributed by atoms with Gasteiger partial charge in [-0.1, -0.05) is 24.3 Å². The molecule has 0 aliphatic heterocycles. The maximum atomic E-state index is 10.9. The molecule has 2 aromatic carbocycles. The van der Waals surface area contributed by atoms with Gasteiger partial charge < -0.3 is 9.47 Å². The zero-order chi connectivity index (χ0) is 19.2. The fraction of sp³-hybridized carbons (Fsp3) is 0.190. The van der Waals surface area contributed by atoms with Crippen molar-refractivity contribution in [3.63, 3.8) is 0 Å². The van der Waals surface area contributed by atoms with Gasteiger partial charge in [0.1, 0.15) is 11.8 Å². The Morgan fingerprint density at radius 3 is 2.44 bits per heavy atom. The highest BCUT2D eigenvalue weighted by atomic mass is 16.5. The lowest BCUT2D eigenvalue weighted by atomic mass is 10.1. The second-order valence-corrected chi connectivity index (χ2v) is 5.92. The summed E-state index contributed by atoms with van der Waals surface area (Å²) in [5.41, 5.74) is 4.02. The number of nitrogens with zero attached hydrogens (tertiary/aromatic N) is 3. The number of hydrogen-bond donors (Lipinski definition) is 0. The van der Waals surface area contributed by atoms with Gasteiger partial charge in [-0.25, -0.2) is 4.68 Å². The van der Waals surface area contributed by atoms with Crippen LogP contribution in [-0.2, 0) is 16.0 Å². The largest absolute Gasteiger partial charge is 0.497 e. The average Bonchev–Trinajstić information content (AvgIpc) is 3.13. The number of hydrogen-bond acceptors (Lipinski definition) is 5. The van der Waals surface area contributed by atoms with Crippen LogP contribution in [0, 0.1) is 11.3 Å². The van der Waals surface area contributed by atoms with E-state index < -0.39 is 0 Å². The first-order valence-corrected chi connectivity index (χ1v) is 8.48. The highest BCUT2D eigenvalue weighted by Gasteiger charge is 2.12. The van der Waals surface area contributed by atoms with Crippen molar-refractivity contribution < 1.29 is 14.3 Å². The molecule has 0 aliphatic rings. The van der Waals surface area contributed by atoms with Crippen LogP contribution in [0.3, 0.4) is 0 Å². The van der Waals surface area contributed by atoms with E-state index >= 15 is 0 Å². The van der Waals surface area contributed by atoms with E-state index in [4.69, 9.17) is 9.47 Å². The molecule has 6 nitrogen and oxygen atoms in total. The fourth-order valence-electron chi connectivity index (χ4n) is 2.72. The Balaban J connectivity index is 1.88. The molecule has 1 heterocycles. The van der Waals surface area contributed by atoms with Gasteiger partial charge in [0.2, 0.25) is 0 Å². The van der Waals surface area contributed by atoms with Crippen LogP contribution < -0.4 is 4.74 Å². The van der Waals surface area contributed by atoms with E-state index in [2.05, 4.69) is 11.2 Å². The maximum Gasteiger partial charge on any atom is 0.302 e. The number of methoxy groups -OCH3 is 1. The van der Waals surface area contributed by atoms with Gasteiger partial charge in [-0.15, -0.1) is 0 Å². The SMILES string of the molecule is COc1ccc(-n2nc(C#N)cc2-c2ccc(CCOC(C)=O)cc2)cc1. The minimum atomic E-state index is -0.279. The smallest absolute Gasteiger partial charge is 0.302 e. The predicted octanol–water partition coefficient (Wildman–Crippen LogP) is 3.53. The first kappa shape index (κ1) is 18.2. The number of nitriles is 1. The van der Waals surface area contributed by atoms with Crippen LogP contribution in [0.25, 0.3) is 16.9 Å². The molecule has 0 spiro atoms. The number of aromatic nitrogens is 2. The zero-order valence-corrected chi connectivity index (χ0v) is 15.2. The summed E-state index contributed by atoms with van der Waals surface area (Å²) in [6.07, 6.45) is 0.654. The second kappa shape index (κ2) is 8.19. The summed E-state index contributed by atoms with van der Waals surface area (Å²) in [4.78, 5) is 10.9. The number of esters is 1. The number of carbonyl (C=O) groups excluding carboxylic acids is 1. The van der Waals surface area contributed by atoms with Gasteiger partial charge in [-0.05, 0) is 29.8 Å². The summed E-state index contributed by atoms with van der Waals surface area (Å²) in [7, 11) is 1.62. The molecule has 0 bridgehead atoms. The highest BCUT2D eigenvalue weighted by Crippen LogP contribution is 2.25. The summed E-state index contributed by atoms with van der Waals surface area (Å²) < 4.78 is 11.9. The molecular weight excluding hydrogens is 342 g/mol. The molecule has 0 unspecified atom stereocenters. The van der Waals surface area contributed by atoms with Crippen molar-refractivity contribution in [1.29, 1.82) is 5.26 Å². The van der Waals surface area contributed by atoms with E-state index in [-0.39, 0.29) is 5.97 Å². The van der Waals surface area contributed by atoms with Crippen molar-refractivity contribution in [2.24, 2.45) is 0 Å². The predicted molar refractivity (Wildman–Crippen MR) is 101 cm³/mol. The molecule has 3 aromatic rings. The molecule has 0 N–H and O–H groups in total. The van der Waals surface area contributed by atoms with Gasteiger partial charge >= 0.3 is 5.97 Å². The fourth-order valence-corrected chi connectivity index (χ4v) is 2.72. The standard InChI is InChI=1S/C21H19N3O3/c1-15(25)27-12-11-16-3-5-17(6-4-16)21-13-18(14-22)23-24(21)19-7-9-20(26-2)10-8-19/h3-10,13H,11-12H2,1-2H3. The Labute approximate surface area is 157 Å². The van der Waals surface area contributed by atoms with Gasteiger partial charge in [0, 0.05) is 25.0 Å². The van der Waals surface area contributed by atoms with Crippen molar-refractivity contribution in [2.45, 2.75) is 13.3 Å². The zero-order valence-electron chi connectivity index (χ0n) is 15.2. The molecule has 0 saturated carbocycles. The van der Waals surface area contributed by atoms with Crippen molar-refractivity contribution >= 4 is 5.97 Å². The average molecular weight is 361 g/mol. The lowest BCUT2D eigenvalue weighted by Crippen LogP contribution is -2.03. The Hall–Kier alpha value is -3.59. The Morgan fingerprint density at radius 1 is 1.15 bits per heavy atom. The molecule has 0 amide bonds. The van der Waals surface area contributed by atoms with Crippen molar-refractivity contribution in [3.8, 4) is 28.8 Å². The summed E-state index contributed by atoms with van der Waals surface area (Å²) in [6, 6.07) is 19.3. The quantitative estimate of drug-likeness (QED) is 0.628. The molecular formula is C21H19N3O3. The van der Waals surface area contributed by atoms with Gasteiger partial charge in [0.05, 0.1) is 25.1 Å². The third-order valence-electron chi connectivity index (χ3n) is 4.09. The molecule has 6 heteroatoms. The summed E-state index contributed by atoms with van der Waals surface area (Å²) in [6.45, 7) is 1.76. The first-order valence-electron chi connectivity index (χ1n) is 8.48.